The van der Waals surface area contributed by atoms with Crippen LogP contribution in [0.3, 0.4) is 0 Å². The summed E-state index contributed by atoms with van der Waals surface area (Å²) in [6.45, 7) is 10.5. The fourth-order valence-corrected chi connectivity index (χ4v) is 3.04. The Hall–Kier alpha value is -0.590. The van der Waals surface area contributed by atoms with Gasteiger partial charge in [0, 0.05) is 12.3 Å². The summed E-state index contributed by atoms with van der Waals surface area (Å²) in [7, 11) is 0. The highest BCUT2D eigenvalue weighted by Crippen LogP contribution is 2.36. The quantitative estimate of drug-likeness (QED) is 0.631. The first-order valence-corrected chi connectivity index (χ1v) is 6.71. The number of ketones is 1. The summed E-state index contributed by atoms with van der Waals surface area (Å²) in [5.41, 5.74) is 1.22. The van der Waals surface area contributed by atoms with Gasteiger partial charge >= 0.3 is 0 Å². The minimum absolute atomic E-state index is 0.348. The van der Waals surface area contributed by atoms with E-state index < -0.39 is 0 Å². The molecule has 1 nitrogen and oxygen atoms in total. The van der Waals surface area contributed by atoms with E-state index >= 15 is 0 Å². The molecule has 0 radical (unpaired) electrons. The molecule has 3 unspecified atom stereocenters. The van der Waals surface area contributed by atoms with E-state index in [0.29, 0.717) is 23.5 Å². The van der Waals surface area contributed by atoms with Gasteiger partial charge in [0.2, 0.25) is 0 Å². The molecule has 1 saturated carbocycles. The van der Waals surface area contributed by atoms with Crippen LogP contribution in [-0.4, -0.2) is 5.78 Å². The summed E-state index contributed by atoms with van der Waals surface area (Å²) in [4.78, 5) is 12.1. The predicted octanol–water partition coefficient (Wildman–Crippen LogP) is 4.37. The molecule has 0 bridgehead atoms. The molecule has 0 saturated heterocycles. The van der Waals surface area contributed by atoms with Gasteiger partial charge in [-0.1, -0.05) is 32.3 Å². The van der Waals surface area contributed by atoms with Gasteiger partial charge in [0.1, 0.15) is 5.78 Å². The van der Waals surface area contributed by atoms with Crippen molar-refractivity contribution < 1.29 is 4.79 Å². The topological polar surface area (TPSA) is 17.1 Å². The summed E-state index contributed by atoms with van der Waals surface area (Å²) < 4.78 is 0. The molecule has 1 rings (SSSR count). The normalized spacial score (nSPS) is 30.4. The molecule has 3 atom stereocenters. The van der Waals surface area contributed by atoms with E-state index in [0.717, 1.165) is 19.3 Å². The van der Waals surface area contributed by atoms with Crippen molar-refractivity contribution in [2.24, 2.45) is 17.8 Å². The van der Waals surface area contributed by atoms with Crippen LogP contribution in [0.2, 0.25) is 0 Å². The van der Waals surface area contributed by atoms with Gasteiger partial charge in [-0.2, -0.15) is 0 Å². The van der Waals surface area contributed by atoms with Gasteiger partial charge < -0.3 is 0 Å². The van der Waals surface area contributed by atoms with Crippen LogP contribution in [0.5, 0.6) is 0 Å². The van der Waals surface area contributed by atoms with Crippen molar-refractivity contribution in [3.8, 4) is 0 Å². The Balaban J connectivity index is 2.50. The number of carbonyl (C=O) groups excluding carboxylic acids is 1. The van der Waals surface area contributed by atoms with Gasteiger partial charge in [-0.15, -0.1) is 6.58 Å². The maximum Gasteiger partial charge on any atom is 0.136 e. The summed E-state index contributed by atoms with van der Waals surface area (Å²) in [6.07, 6.45) is 6.56. The molecule has 1 aliphatic carbocycles. The van der Waals surface area contributed by atoms with Crippen molar-refractivity contribution >= 4 is 5.78 Å². The molecule has 0 N–H and O–H groups in total. The largest absolute Gasteiger partial charge is 0.299 e. The SMILES string of the molecule is C=C(C)CC1CC(=O)C(CCCC)C(C)C1. The van der Waals surface area contributed by atoms with Crippen molar-refractivity contribution in [3.63, 3.8) is 0 Å². The number of carbonyl (C=O) groups is 1. The van der Waals surface area contributed by atoms with Gasteiger partial charge in [0.15, 0.2) is 0 Å². The summed E-state index contributed by atoms with van der Waals surface area (Å²) in [6, 6.07) is 0. The highest BCUT2D eigenvalue weighted by Gasteiger charge is 2.33. The molecule has 0 aromatic rings. The molecular formula is C15H26O. The van der Waals surface area contributed by atoms with E-state index in [-0.39, 0.29) is 0 Å². The van der Waals surface area contributed by atoms with Crippen LogP contribution in [0.15, 0.2) is 12.2 Å². The fourth-order valence-electron chi connectivity index (χ4n) is 3.04. The van der Waals surface area contributed by atoms with E-state index in [1.165, 1.54) is 24.8 Å². The summed E-state index contributed by atoms with van der Waals surface area (Å²) in [5.74, 6) is 2.01. The lowest BCUT2D eigenvalue weighted by molar-refractivity contribution is -0.128. The molecule has 1 fully saturated rings. The third-order valence-corrected chi connectivity index (χ3v) is 3.80. The Morgan fingerprint density at radius 3 is 2.69 bits per heavy atom. The van der Waals surface area contributed by atoms with Crippen molar-refractivity contribution in [2.45, 2.75) is 59.3 Å². The Morgan fingerprint density at radius 1 is 1.50 bits per heavy atom. The van der Waals surface area contributed by atoms with Crippen LogP contribution in [0.1, 0.15) is 59.3 Å². The lowest BCUT2D eigenvalue weighted by atomic mass is 9.71. The molecule has 0 amide bonds. The lowest BCUT2D eigenvalue weighted by Crippen LogP contribution is -2.31. The second-order valence-electron chi connectivity index (χ2n) is 5.66. The lowest BCUT2D eigenvalue weighted by Gasteiger charge is -2.33. The number of hydrogen-bond donors (Lipinski definition) is 0. The van der Waals surface area contributed by atoms with Crippen LogP contribution in [-0.2, 0) is 4.79 Å². The molecule has 0 heterocycles. The first-order chi connectivity index (χ1) is 7.54. The van der Waals surface area contributed by atoms with Crippen molar-refractivity contribution in [3.05, 3.63) is 12.2 Å². The maximum atomic E-state index is 12.1. The number of rotatable bonds is 5. The third-order valence-electron chi connectivity index (χ3n) is 3.80. The second-order valence-corrected chi connectivity index (χ2v) is 5.66. The summed E-state index contributed by atoms with van der Waals surface area (Å²) >= 11 is 0. The number of hydrogen-bond acceptors (Lipinski definition) is 1. The first-order valence-electron chi connectivity index (χ1n) is 6.71. The molecule has 1 heteroatoms. The number of allylic oxidation sites excluding steroid dienone is 1. The maximum absolute atomic E-state index is 12.1. The Bertz CT molecular complexity index is 254. The Labute approximate surface area is 100 Å². The van der Waals surface area contributed by atoms with E-state index in [2.05, 4.69) is 27.4 Å². The minimum Gasteiger partial charge on any atom is -0.299 e. The smallest absolute Gasteiger partial charge is 0.136 e. The predicted molar refractivity (Wildman–Crippen MR) is 69.3 cm³/mol. The van der Waals surface area contributed by atoms with Crippen LogP contribution in [0.4, 0.5) is 0 Å². The van der Waals surface area contributed by atoms with Gasteiger partial charge in [0.05, 0.1) is 0 Å². The monoisotopic (exact) mass is 222 g/mol. The third kappa shape index (κ3) is 3.77. The molecule has 0 aromatic carbocycles. The first kappa shape index (κ1) is 13.5. The highest BCUT2D eigenvalue weighted by molar-refractivity contribution is 5.82. The van der Waals surface area contributed by atoms with Gasteiger partial charge in [-0.05, 0) is 38.0 Å². The van der Waals surface area contributed by atoms with Crippen LogP contribution < -0.4 is 0 Å². The van der Waals surface area contributed by atoms with Crippen LogP contribution >= 0.6 is 0 Å². The van der Waals surface area contributed by atoms with Gasteiger partial charge in [-0.25, -0.2) is 0 Å². The fraction of sp³-hybridized carbons (Fsp3) is 0.800. The second kappa shape index (κ2) is 6.22. The standard InChI is InChI=1S/C15H26O/c1-5-6-7-14-12(4)9-13(8-11(2)3)10-15(14)16/h12-14H,2,5-10H2,1,3-4H3. The Kier molecular flexibility index (Phi) is 5.24. The van der Waals surface area contributed by atoms with Crippen molar-refractivity contribution in [2.75, 3.05) is 0 Å². The molecule has 1 aliphatic rings. The van der Waals surface area contributed by atoms with Gasteiger partial charge in [-0.3, -0.25) is 4.79 Å². The molecule has 0 aromatic heterocycles. The average molecular weight is 222 g/mol. The van der Waals surface area contributed by atoms with Crippen LogP contribution in [0.25, 0.3) is 0 Å². The molecule has 16 heavy (non-hydrogen) atoms. The van der Waals surface area contributed by atoms with E-state index in [4.69, 9.17) is 0 Å². The van der Waals surface area contributed by atoms with Crippen molar-refractivity contribution in [1.82, 2.24) is 0 Å². The van der Waals surface area contributed by atoms with Gasteiger partial charge in [0.25, 0.3) is 0 Å². The molecule has 0 aliphatic heterocycles. The molecular weight excluding hydrogens is 196 g/mol. The van der Waals surface area contributed by atoms with E-state index in [1.54, 1.807) is 0 Å². The van der Waals surface area contributed by atoms with Crippen LogP contribution in [0, 0.1) is 17.8 Å². The van der Waals surface area contributed by atoms with Crippen molar-refractivity contribution in [1.29, 1.82) is 0 Å². The summed E-state index contributed by atoms with van der Waals surface area (Å²) in [5, 5.41) is 0. The number of unbranched alkanes of at least 4 members (excludes halogenated alkanes) is 1. The minimum atomic E-state index is 0.348. The zero-order valence-corrected chi connectivity index (χ0v) is 11.1. The van der Waals surface area contributed by atoms with E-state index in [9.17, 15) is 4.79 Å². The zero-order valence-electron chi connectivity index (χ0n) is 11.1. The molecule has 0 spiro atoms. The Morgan fingerprint density at radius 2 is 2.19 bits per heavy atom. The number of Topliss-reactive ketones (excluding diaryl/α,β-unsaturated/α-hetero) is 1. The highest BCUT2D eigenvalue weighted by atomic mass is 16.1. The van der Waals surface area contributed by atoms with E-state index in [1.807, 2.05) is 0 Å². The molecule has 92 valence electrons. The zero-order chi connectivity index (χ0) is 12.1. The average Bonchev–Trinajstić information content (AvgIpc) is 2.15.